The van der Waals surface area contributed by atoms with Gasteiger partial charge in [-0.3, -0.25) is 4.79 Å². The van der Waals surface area contributed by atoms with E-state index in [1.807, 2.05) is 6.92 Å². The molecule has 2 nitrogen and oxygen atoms in total. The molecule has 0 spiro atoms. The maximum Gasteiger partial charge on any atom is 0.137 e. The van der Waals surface area contributed by atoms with Crippen LogP contribution in [0.15, 0.2) is 0 Å². The van der Waals surface area contributed by atoms with Crippen molar-refractivity contribution in [1.29, 1.82) is 0 Å². The second-order valence-corrected chi connectivity index (χ2v) is 5.09. The Bertz CT molecular complexity index is 244. The van der Waals surface area contributed by atoms with Gasteiger partial charge in [-0.1, -0.05) is 20.8 Å². The molecule has 0 heterocycles. The highest BCUT2D eigenvalue weighted by molar-refractivity contribution is 5.87. The van der Waals surface area contributed by atoms with E-state index in [-0.39, 0.29) is 22.9 Å². The zero-order valence-corrected chi connectivity index (χ0v) is 7.92. The first-order chi connectivity index (χ1) is 5.39. The van der Waals surface area contributed by atoms with Gasteiger partial charge in [-0.25, -0.2) is 0 Å². The highest BCUT2D eigenvalue weighted by Gasteiger charge is 2.65. The van der Waals surface area contributed by atoms with E-state index in [9.17, 15) is 9.90 Å². The van der Waals surface area contributed by atoms with Crippen LogP contribution in [0.4, 0.5) is 0 Å². The van der Waals surface area contributed by atoms with E-state index >= 15 is 0 Å². The van der Waals surface area contributed by atoms with Gasteiger partial charge in [0.05, 0.1) is 6.10 Å². The summed E-state index contributed by atoms with van der Waals surface area (Å²) in [5.41, 5.74) is -0.155. The van der Waals surface area contributed by atoms with Gasteiger partial charge < -0.3 is 5.11 Å². The Morgan fingerprint density at radius 2 is 2.00 bits per heavy atom. The Morgan fingerprint density at radius 3 is 2.25 bits per heavy atom. The molecule has 2 bridgehead atoms. The lowest BCUT2D eigenvalue weighted by molar-refractivity contribution is -0.124. The van der Waals surface area contributed by atoms with E-state index in [1.165, 1.54) is 0 Å². The number of Topliss-reactive ketones (excluding diaryl/α,β-unsaturated/α-hetero) is 1. The van der Waals surface area contributed by atoms with E-state index in [1.54, 1.807) is 0 Å². The van der Waals surface area contributed by atoms with Crippen molar-refractivity contribution in [3.63, 3.8) is 0 Å². The quantitative estimate of drug-likeness (QED) is 0.593. The summed E-state index contributed by atoms with van der Waals surface area (Å²) in [6, 6.07) is 0. The number of carbonyl (C=O) groups excluding carboxylic acids is 1. The van der Waals surface area contributed by atoms with Crippen molar-refractivity contribution < 1.29 is 9.90 Å². The minimum absolute atomic E-state index is 0.00347. The maximum atomic E-state index is 11.5. The van der Waals surface area contributed by atoms with Gasteiger partial charge in [0.1, 0.15) is 5.78 Å². The van der Waals surface area contributed by atoms with Crippen LogP contribution in [0, 0.1) is 16.7 Å². The first kappa shape index (κ1) is 8.24. The van der Waals surface area contributed by atoms with Crippen LogP contribution in [-0.4, -0.2) is 17.0 Å². The molecule has 2 heteroatoms. The van der Waals surface area contributed by atoms with Crippen molar-refractivity contribution >= 4 is 5.78 Å². The van der Waals surface area contributed by atoms with Gasteiger partial charge in [-0.2, -0.15) is 0 Å². The van der Waals surface area contributed by atoms with Crippen LogP contribution in [0.2, 0.25) is 0 Å². The van der Waals surface area contributed by atoms with Gasteiger partial charge in [0, 0.05) is 17.8 Å². The van der Waals surface area contributed by atoms with E-state index in [0.29, 0.717) is 18.6 Å². The number of hydrogen-bond donors (Lipinski definition) is 1. The molecule has 0 aromatic heterocycles. The lowest BCUT2D eigenvalue weighted by atomic mass is 9.70. The standard InChI is InChI=1S/C10H16O2/c1-9(2)6-4-8(12)10(9,3)5-7(6)11/h6,8,12H,4-5H2,1-3H3/t6-,8?,10?/m0/s1. The van der Waals surface area contributed by atoms with E-state index in [0.717, 1.165) is 0 Å². The molecule has 0 aromatic carbocycles. The normalized spacial score (nSPS) is 50.2. The van der Waals surface area contributed by atoms with E-state index in [2.05, 4.69) is 13.8 Å². The van der Waals surface area contributed by atoms with Crippen LogP contribution < -0.4 is 0 Å². The Labute approximate surface area is 73.0 Å². The third kappa shape index (κ3) is 0.634. The summed E-state index contributed by atoms with van der Waals surface area (Å²) in [6.07, 6.45) is 0.990. The molecule has 0 radical (unpaired) electrons. The fourth-order valence-corrected chi connectivity index (χ4v) is 2.97. The van der Waals surface area contributed by atoms with Crippen molar-refractivity contribution in [2.45, 2.75) is 39.7 Å². The average molecular weight is 168 g/mol. The summed E-state index contributed by atoms with van der Waals surface area (Å²) >= 11 is 0. The monoisotopic (exact) mass is 168 g/mol. The van der Waals surface area contributed by atoms with Crippen molar-refractivity contribution in [3.05, 3.63) is 0 Å². The van der Waals surface area contributed by atoms with Crippen molar-refractivity contribution in [2.75, 3.05) is 0 Å². The van der Waals surface area contributed by atoms with Crippen LogP contribution in [-0.2, 0) is 4.79 Å². The molecule has 68 valence electrons. The fourth-order valence-electron chi connectivity index (χ4n) is 2.97. The fraction of sp³-hybridized carbons (Fsp3) is 0.900. The van der Waals surface area contributed by atoms with Crippen molar-refractivity contribution in [1.82, 2.24) is 0 Å². The average Bonchev–Trinajstić information content (AvgIpc) is 2.18. The van der Waals surface area contributed by atoms with Crippen molar-refractivity contribution in [2.24, 2.45) is 16.7 Å². The highest BCUT2D eigenvalue weighted by Crippen LogP contribution is 2.63. The van der Waals surface area contributed by atoms with E-state index < -0.39 is 0 Å². The zero-order valence-electron chi connectivity index (χ0n) is 7.92. The van der Waals surface area contributed by atoms with Gasteiger partial charge in [0.25, 0.3) is 0 Å². The topological polar surface area (TPSA) is 37.3 Å². The van der Waals surface area contributed by atoms with Crippen LogP contribution in [0.5, 0.6) is 0 Å². The number of aliphatic hydroxyl groups is 1. The molecule has 2 aliphatic carbocycles. The number of rotatable bonds is 0. The molecule has 2 fully saturated rings. The Kier molecular flexibility index (Phi) is 1.32. The highest BCUT2D eigenvalue weighted by atomic mass is 16.3. The molecule has 2 unspecified atom stereocenters. The van der Waals surface area contributed by atoms with Gasteiger partial charge in [-0.05, 0) is 11.8 Å². The maximum absolute atomic E-state index is 11.5. The summed E-state index contributed by atoms with van der Waals surface area (Å²) in [5.74, 6) is 0.463. The first-order valence-electron chi connectivity index (χ1n) is 4.60. The van der Waals surface area contributed by atoms with Crippen LogP contribution in [0.25, 0.3) is 0 Å². The molecule has 12 heavy (non-hydrogen) atoms. The molecule has 0 saturated heterocycles. The third-order valence-electron chi connectivity index (χ3n) is 4.47. The minimum atomic E-state index is -0.268. The van der Waals surface area contributed by atoms with Crippen LogP contribution in [0.1, 0.15) is 33.6 Å². The molecule has 0 amide bonds. The molecule has 1 N–H and O–H groups in total. The Morgan fingerprint density at radius 1 is 1.42 bits per heavy atom. The molecule has 0 aromatic rings. The van der Waals surface area contributed by atoms with Gasteiger partial charge >= 0.3 is 0 Å². The SMILES string of the molecule is CC12CC(=O)[C@H](CC1O)C2(C)C. The van der Waals surface area contributed by atoms with Crippen LogP contribution >= 0.6 is 0 Å². The molecule has 2 rings (SSSR count). The summed E-state index contributed by atoms with van der Waals surface area (Å²) in [7, 11) is 0. The predicted molar refractivity (Wildman–Crippen MR) is 45.6 cm³/mol. The molecular formula is C10H16O2. The lowest BCUT2D eigenvalue weighted by Crippen LogP contribution is -2.35. The minimum Gasteiger partial charge on any atom is -0.393 e. The largest absolute Gasteiger partial charge is 0.393 e. The summed E-state index contributed by atoms with van der Waals surface area (Å²) < 4.78 is 0. The van der Waals surface area contributed by atoms with Gasteiger partial charge in [0.15, 0.2) is 0 Å². The number of carbonyl (C=O) groups is 1. The Hall–Kier alpha value is -0.370. The number of ketones is 1. The summed E-state index contributed by atoms with van der Waals surface area (Å²) in [5, 5.41) is 9.78. The number of hydrogen-bond acceptors (Lipinski definition) is 2. The number of fused-ring (bicyclic) bond motifs is 2. The van der Waals surface area contributed by atoms with Gasteiger partial charge in [0.2, 0.25) is 0 Å². The van der Waals surface area contributed by atoms with Crippen molar-refractivity contribution in [3.8, 4) is 0 Å². The van der Waals surface area contributed by atoms with Crippen LogP contribution in [0.3, 0.4) is 0 Å². The summed E-state index contributed by atoms with van der Waals surface area (Å²) in [4.78, 5) is 11.5. The third-order valence-corrected chi connectivity index (χ3v) is 4.47. The second kappa shape index (κ2) is 1.92. The molecule has 3 atom stereocenters. The molecular weight excluding hydrogens is 152 g/mol. The first-order valence-corrected chi connectivity index (χ1v) is 4.60. The predicted octanol–water partition coefficient (Wildman–Crippen LogP) is 1.37. The van der Waals surface area contributed by atoms with E-state index in [4.69, 9.17) is 0 Å². The smallest absolute Gasteiger partial charge is 0.137 e. The lowest BCUT2D eigenvalue weighted by Gasteiger charge is -2.35. The zero-order chi connectivity index (χ0) is 9.15. The molecule has 0 aliphatic heterocycles. The molecule has 2 saturated carbocycles. The second-order valence-electron chi connectivity index (χ2n) is 5.09. The molecule has 2 aliphatic rings. The van der Waals surface area contributed by atoms with Gasteiger partial charge in [-0.15, -0.1) is 0 Å². The Balaban J connectivity index is 2.47. The number of aliphatic hydroxyl groups excluding tert-OH is 1. The summed E-state index contributed by atoms with van der Waals surface area (Å²) in [6.45, 7) is 6.26.